The number of rotatable bonds is 8. The van der Waals surface area contributed by atoms with Gasteiger partial charge < -0.3 is 20.1 Å². The van der Waals surface area contributed by atoms with Crippen molar-refractivity contribution in [3.05, 3.63) is 35.4 Å². The van der Waals surface area contributed by atoms with Gasteiger partial charge in [0.15, 0.2) is 0 Å². The summed E-state index contributed by atoms with van der Waals surface area (Å²) < 4.78 is 5.65. The average molecular weight is 363 g/mol. The van der Waals surface area contributed by atoms with E-state index >= 15 is 0 Å². The fourth-order valence-electron chi connectivity index (χ4n) is 3.02. The van der Waals surface area contributed by atoms with Crippen LogP contribution >= 0.6 is 0 Å². The number of carboxylic acid groups (broad SMARTS) is 1. The number of carbonyl (C=O) groups is 2. The highest BCUT2D eigenvalue weighted by atomic mass is 16.5. The van der Waals surface area contributed by atoms with E-state index in [1.54, 1.807) is 16.8 Å². The van der Waals surface area contributed by atoms with Crippen LogP contribution in [-0.4, -0.2) is 79.4 Å². The highest BCUT2D eigenvalue weighted by molar-refractivity contribution is 5.74. The van der Waals surface area contributed by atoms with Crippen LogP contribution in [0.3, 0.4) is 0 Å². The molecule has 2 N–H and O–H groups in total. The maximum Gasteiger partial charge on any atom is 0.317 e. The van der Waals surface area contributed by atoms with E-state index in [4.69, 9.17) is 9.84 Å². The van der Waals surface area contributed by atoms with E-state index in [0.29, 0.717) is 32.8 Å². The minimum absolute atomic E-state index is 0.0388. The second-order valence-electron chi connectivity index (χ2n) is 6.68. The highest BCUT2D eigenvalue weighted by Gasteiger charge is 2.25. The van der Waals surface area contributed by atoms with Gasteiger partial charge in [-0.2, -0.15) is 0 Å². The van der Waals surface area contributed by atoms with Gasteiger partial charge in [0, 0.05) is 26.2 Å². The van der Waals surface area contributed by atoms with Crippen molar-refractivity contribution in [2.75, 3.05) is 46.4 Å². The van der Waals surface area contributed by atoms with Crippen molar-refractivity contribution in [2.24, 2.45) is 0 Å². The number of ether oxygens (including phenoxy) is 1. The summed E-state index contributed by atoms with van der Waals surface area (Å²) in [5.41, 5.74) is 2.52. The summed E-state index contributed by atoms with van der Waals surface area (Å²) in [6.45, 7) is 4.66. The second kappa shape index (κ2) is 10.1. The molecular formula is C19H29N3O4. The van der Waals surface area contributed by atoms with Crippen molar-refractivity contribution in [3.63, 3.8) is 0 Å². The van der Waals surface area contributed by atoms with E-state index in [1.165, 1.54) is 11.1 Å². The Bertz CT molecular complexity index is 591. The molecule has 1 aliphatic heterocycles. The molecule has 0 bridgehead atoms. The topological polar surface area (TPSA) is 82.1 Å². The minimum atomic E-state index is -0.870. The number of carboxylic acids is 1. The normalized spacial score (nSPS) is 17.3. The number of urea groups is 1. The van der Waals surface area contributed by atoms with Crippen LogP contribution in [0.15, 0.2) is 24.3 Å². The molecule has 1 unspecified atom stereocenters. The Morgan fingerprint density at radius 1 is 1.31 bits per heavy atom. The summed E-state index contributed by atoms with van der Waals surface area (Å²) in [7, 11) is 1.74. The minimum Gasteiger partial charge on any atom is -0.480 e. The van der Waals surface area contributed by atoms with E-state index in [2.05, 4.69) is 36.5 Å². The quantitative estimate of drug-likeness (QED) is 0.726. The smallest absolute Gasteiger partial charge is 0.317 e. The Labute approximate surface area is 154 Å². The van der Waals surface area contributed by atoms with Gasteiger partial charge in [0.05, 0.1) is 19.3 Å². The highest BCUT2D eigenvalue weighted by Crippen LogP contribution is 2.08. The molecule has 1 aromatic carbocycles. The first-order chi connectivity index (χ1) is 12.5. The molecule has 2 amide bonds. The largest absolute Gasteiger partial charge is 0.480 e. The molecule has 1 atom stereocenters. The van der Waals surface area contributed by atoms with Gasteiger partial charge in [0.25, 0.3) is 0 Å². The van der Waals surface area contributed by atoms with Gasteiger partial charge in [0.1, 0.15) is 0 Å². The molecule has 7 nitrogen and oxygen atoms in total. The maximum absolute atomic E-state index is 12.3. The monoisotopic (exact) mass is 363 g/mol. The Morgan fingerprint density at radius 2 is 2.00 bits per heavy atom. The Balaban J connectivity index is 1.73. The number of carbonyl (C=O) groups excluding carboxylic acids is 1. The van der Waals surface area contributed by atoms with Gasteiger partial charge in [-0.1, -0.05) is 31.2 Å². The summed E-state index contributed by atoms with van der Waals surface area (Å²) in [6.07, 6.45) is 1.65. The third-order valence-corrected chi connectivity index (χ3v) is 4.47. The maximum atomic E-state index is 12.3. The number of aryl methyl sites for hydroxylation is 1. The SMILES string of the molecule is CCc1ccc(CCNC(=O)N2CCOC(CN(C)CC(=O)O)C2)cc1. The summed E-state index contributed by atoms with van der Waals surface area (Å²) in [5.74, 6) is -0.870. The van der Waals surface area contributed by atoms with Gasteiger partial charge in [-0.3, -0.25) is 9.69 Å². The third-order valence-electron chi connectivity index (χ3n) is 4.47. The van der Waals surface area contributed by atoms with E-state index in [9.17, 15) is 9.59 Å². The van der Waals surface area contributed by atoms with E-state index in [1.807, 2.05) is 0 Å². The number of aliphatic carboxylic acids is 1. The molecule has 2 rings (SSSR count). The molecule has 1 aliphatic rings. The zero-order chi connectivity index (χ0) is 18.9. The molecule has 0 aliphatic carbocycles. The molecule has 1 fully saturated rings. The van der Waals surface area contributed by atoms with Crippen LogP contribution in [0.25, 0.3) is 0 Å². The number of likely N-dealkylation sites (N-methyl/N-ethyl adjacent to an activating group) is 1. The molecule has 1 saturated heterocycles. The molecule has 0 saturated carbocycles. The van der Waals surface area contributed by atoms with Crippen molar-refractivity contribution >= 4 is 12.0 Å². The molecule has 0 aromatic heterocycles. The van der Waals surface area contributed by atoms with E-state index in [-0.39, 0.29) is 18.7 Å². The lowest BCUT2D eigenvalue weighted by molar-refractivity contribution is -0.138. The molecular weight excluding hydrogens is 334 g/mol. The van der Waals surface area contributed by atoms with Crippen LogP contribution in [-0.2, 0) is 22.4 Å². The number of morpholine rings is 1. The van der Waals surface area contributed by atoms with Gasteiger partial charge in [0.2, 0.25) is 0 Å². The number of hydrogen-bond acceptors (Lipinski definition) is 4. The van der Waals surface area contributed by atoms with Crippen LogP contribution in [0.1, 0.15) is 18.1 Å². The molecule has 1 aromatic rings. The summed E-state index contributed by atoms with van der Waals surface area (Å²) >= 11 is 0. The lowest BCUT2D eigenvalue weighted by Crippen LogP contribution is -2.52. The number of nitrogens with one attached hydrogen (secondary N) is 1. The molecule has 144 valence electrons. The Hall–Kier alpha value is -2.12. The standard InChI is InChI=1S/C19H29N3O4/c1-3-15-4-6-16(7-5-15)8-9-20-19(25)22-10-11-26-17(13-22)12-21(2)14-18(23)24/h4-7,17H,3,8-14H2,1-2H3,(H,20,25)(H,23,24). The molecule has 26 heavy (non-hydrogen) atoms. The summed E-state index contributed by atoms with van der Waals surface area (Å²) in [4.78, 5) is 26.5. The van der Waals surface area contributed by atoms with Crippen molar-refractivity contribution < 1.29 is 19.4 Å². The van der Waals surface area contributed by atoms with Gasteiger partial charge in [-0.15, -0.1) is 0 Å². The first-order valence-electron chi connectivity index (χ1n) is 9.10. The Kier molecular flexibility index (Phi) is 7.87. The van der Waals surface area contributed by atoms with E-state index < -0.39 is 5.97 Å². The summed E-state index contributed by atoms with van der Waals surface area (Å²) in [5, 5.41) is 11.8. The fourth-order valence-corrected chi connectivity index (χ4v) is 3.02. The first kappa shape index (κ1) is 20.2. The van der Waals surface area contributed by atoms with Crippen molar-refractivity contribution in [1.82, 2.24) is 15.1 Å². The van der Waals surface area contributed by atoms with E-state index in [0.717, 1.165) is 12.8 Å². The molecule has 0 spiro atoms. The molecule has 1 heterocycles. The van der Waals surface area contributed by atoms with Gasteiger partial charge >= 0.3 is 12.0 Å². The Morgan fingerprint density at radius 3 is 2.65 bits per heavy atom. The van der Waals surface area contributed by atoms with Crippen LogP contribution in [0.5, 0.6) is 0 Å². The van der Waals surface area contributed by atoms with Crippen LogP contribution in [0, 0.1) is 0 Å². The number of amides is 2. The van der Waals surface area contributed by atoms with Crippen molar-refractivity contribution in [3.8, 4) is 0 Å². The second-order valence-corrected chi connectivity index (χ2v) is 6.68. The zero-order valence-electron chi connectivity index (χ0n) is 15.6. The van der Waals surface area contributed by atoms with Crippen molar-refractivity contribution in [1.29, 1.82) is 0 Å². The zero-order valence-corrected chi connectivity index (χ0v) is 15.6. The van der Waals surface area contributed by atoms with Gasteiger partial charge in [-0.25, -0.2) is 4.79 Å². The average Bonchev–Trinajstić information content (AvgIpc) is 2.61. The van der Waals surface area contributed by atoms with Crippen molar-refractivity contribution in [2.45, 2.75) is 25.9 Å². The van der Waals surface area contributed by atoms with Crippen LogP contribution in [0.2, 0.25) is 0 Å². The predicted molar refractivity (Wildman–Crippen MR) is 99.4 cm³/mol. The molecule has 7 heteroatoms. The predicted octanol–water partition coefficient (Wildman–Crippen LogP) is 1.22. The van der Waals surface area contributed by atoms with Gasteiger partial charge in [-0.05, 0) is 31.0 Å². The number of nitrogens with zero attached hydrogens (tertiary/aromatic N) is 2. The van der Waals surface area contributed by atoms with Crippen LogP contribution < -0.4 is 5.32 Å². The lowest BCUT2D eigenvalue weighted by atomic mass is 10.1. The first-order valence-corrected chi connectivity index (χ1v) is 9.10. The number of benzene rings is 1. The summed E-state index contributed by atoms with van der Waals surface area (Å²) in [6, 6.07) is 8.36. The van der Waals surface area contributed by atoms with Crippen LogP contribution in [0.4, 0.5) is 4.79 Å². The fraction of sp³-hybridized carbons (Fsp3) is 0.579. The lowest BCUT2D eigenvalue weighted by Gasteiger charge is -2.34. The third kappa shape index (κ3) is 6.65. The molecule has 0 radical (unpaired) electrons. The number of hydrogen-bond donors (Lipinski definition) is 2.